The lowest BCUT2D eigenvalue weighted by molar-refractivity contribution is -0.122. The number of hydrogen-bond acceptors (Lipinski definition) is 5. The molecular formula is C24H24N2O5S. The lowest BCUT2D eigenvalue weighted by Gasteiger charge is -2.18. The van der Waals surface area contributed by atoms with Crippen LogP contribution < -0.4 is 14.4 Å². The Kier molecular flexibility index (Phi) is 6.95. The summed E-state index contributed by atoms with van der Waals surface area (Å²) in [7, 11) is -1.92. The van der Waals surface area contributed by atoms with Crippen LogP contribution in [0.2, 0.25) is 0 Å². The van der Waals surface area contributed by atoms with Crippen LogP contribution >= 0.6 is 0 Å². The van der Waals surface area contributed by atoms with E-state index in [9.17, 15) is 18.0 Å². The lowest BCUT2D eigenvalue weighted by atomic mass is 10.0. The molecule has 0 saturated carbocycles. The molecule has 0 saturated heterocycles. The summed E-state index contributed by atoms with van der Waals surface area (Å²) < 4.78 is 30.1. The zero-order valence-corrected chi connectivity index (χ0v) is 18.8. The summed E-state index contributed by atoms with van der Waals surface area (Å²) in [6.45, 7) is 1.59. The smallest absolute Gasteiger partial charge is 0.265 e. The molecule has 0 aromatic heterocycles. The number of amides is 1. The van der Waals surface area contributed by atoms with E-state index in [1.807, 2.05) is 6.07 Å². The van der Waals surface area contributed by atoms with Crippen LogP contribution in [0.4, 0.5) is 11.4 Å². The van der Waals surface area contributed by atoms with Crippen molar-refractivity contribution in [3.63, 3.8) is 0 Å². The van der Waals surface area contributed by atoms with Crippen LogP contribution in [0.25, 0.3) is 0 Å². The number of benzene rings is 3. The zero-order chi connectivity index (χ0) is 23.3. The van der Waals surface area contributed by atoms with E-state index in [2.05, 4.69) is 5.32 Å². The van der Waals surface area contributed by atoms with Crippen LogP contribution in [-0.4, -0.2) is 39.5 Å². The summed E-state index contributed by atoms with van der Waals surface area (Å²) in [6, 6.07) is 22.0. The van der Waals surface area contributed by atoms with Gasteiger partial charge in [0.2, 0.25) is 10.0 Å². The first-order valence-corrected chi connectivity index (χ1v) is 11.7. The second kappa shape index (κ2) is 9.65. The molecule has 0 unspecified atom stereocenters. The molecular weight excluding hydrogens is 428 g/mol. The maximum Gasteiger partial charge on any atom is 0.265 e. The van der Waals surface area contributed by atoms with Gasteiger partial charge in [-0.25, -0.2) is 8.42 Å². The van der Waals surface area contributed by atoms with Crippen molar-refractivity contribution < 1.29 is 22.7 Å². The predicted molar refractivity (Wildman–Crippen MR) is 125 cm³/mol. The van der Waals surface area contributed by atoms with Gasteiger partial charge in [0.15, 0.2) is 11.9 Å². The number of ether oxygens (including phenoxy) is 1. The molecule has 0 radical (unpaired) electrons. The number of sulfonamides is 1. The molecule has 3 aromatic rings. The summed E-state index contributed by atoms with van der Waals surface area (Å²) in [4.78, 5) is 25.5. The molecule has 1 amide bonds. The van der Waals surface area contributed by atoms with Gasteiger partial charge in [-0.05, 0) is 43.3 Å². The molecule has 1 atom stereocenters. The van der Waals surface area contributed by atoms with Crippen LogP contribution in [0.1, 0.15) is 22.8 Å². The molecule has 0 bridgehead atoms. The van der Waals surface area contributed by atoms with Crippen LogP contribution in [-0.2, 0) is 14.8 Å². The zero-order valence-electron chi connectivity index (χ0n) is 18.0. The minimum absolute atomic E-state index is 0.194. The van der Waals surface area contributed by atoms with Gasteiger partial charge in [-0.3, -0.25) is 13.9 Å². The SMILES string of the molecule is C[C@H](Oc1ccc(N(C)S(C)(=O)=O)cc1)C(=O)Nc1ccccc1C(=O)c1ccccc1. The van der Waals surface area contributed by atoms with E-state index in [0.29, 0.717) is 28.3 Å². The Labute approximate surface area is 187 Å². The van der Waals surface area contributed by atoms with Gasteiger partial charge in [0.25, 0.3) is 5.91 Å². The number of carbonyl (C=O) groups excluding carboxylic acids is 2. The van der Waals surface area contributed by atoms with E-state index in [4.69, 9.17) is 4.74 Å². The van der Waals surface area contributed by atoms with Gasteiger partial charge in [-0.2, -0.15) is 0 Å². The second-order valence-electron chi connectivity index (χ2n) is 7.21. The predicted octanol–water partition coefficient (Wildman–Crippen LogP) is 3.72. The molecule has 3 aromatic carbocycles. The number of carbonyl (C=O) groups is 2. The van der Waals surface area contributed by atoms with Crippen molar-refractivity contribution in [1.82, 2.24) is 0 Å². The Morgan fingerprint density at radius 2 is 1.50 bits per heavy atom. The quantitative estimate of drug-likeness (QED) is 0.526. The highest BCUT2D eigenvalue weighted by Gasteiger charge is 2.19. The largest absolute Gasteiger partial charge is 0.481 e. The fourth-order valence-corrected chi connectivity index (χ4v) is 3.46. The number of hydrogen-bond donors (Lipinski definition) is 1. The van der Waals surface area contributed by atoms with Crippen molar-refractivity contribution in [2.24, 2.45) is 0 Å². The second-order valence-corrected chi connectivity index (χ2v) is 9.23. The first-order valence-electron chi connectivity index (χ1n) is 9.87. The molecule has 0 aliphatic carbocycles. The average Bonchev–Trinajstić information content (AvgIpc) is 2.79. The van der Waals surface area contributed by atoms with E-state index in [0.717, 1.165) is 10.6 Å². The number of ketones is 1. The highest BCUT2D eigenvalue weighted by Crippen LogP contribution is 2.22. The Balaban J connectivity index is 1.70. The van der Waals surface area contributed by atoms with Crippen LogP contribution in [0.5, 0.6) is 5.75 Å². The number of nitrogens with zero attached hydrogens (tertiary/aromatic N) is 1. The highest BCUT2D eigenvalue weighted by molar-refractivity contribution is 7.92. The third-order valence-electron chi connectivity index (χ3n) is 4.85. The number of para-hydroxylation sites is 1. The van der Waals surface area contributed by atoms with E-state index < -0.39 is 22.0 Å². The van der Waals surface area contributed by atoms with Gasteiger partial charge in [-0.1, -0.05) is 42.5 Å². The first-order chi connectivity index (χ1) is 15.2. The number of nitrogens with one attached hydrogen (secondary N) is 1. The lowest BCUT2D eigenvalue weighted by Crippen LogP contribution is -2.30. The van der Waals surface area contributed by atoms with Gasteiger partial charge in [-0.15, -0.1) is 0 Å². The maximum atomic E-state index is 12.8. The topological polar surface area (TPSA) is 92.8 Å². The van der Waals surface area contributed by atoms with Crippen molar-refractivity contribution in [2.75, 3.05) is 22.9 Å². The van der Waals surface area contributed by atoms with Crippen LogP contribution in [0.15, 0.2) is 78.9 Å². The average molecular weight is 453 g/mol. The fraction of sp³-hybridized carbons (Fsp3) is 0.167. The van der Waals surface area contributed by atoms with E-state index >= 15 is 0 Å². The molecule has 3 rings (SSSR count). The number of anilines is 2. The third-order valence-corrected chi connectivity index (χ3v) is 6.05. The molecule has 8 heteroatoms. The molecule has 166 valence electrons. The molecule has 0 fully saturated rings. The molecule has 7 nitrogen and oxygen atoms in total. The van der Waals surface area contributed by atoms with Gasteiger partial charge in [0, 0.05) is 18.2 Å². The Morgan fingerprint density at radius 3 is 2.12 bits per heavy atom. The van der Waals surface area contributed by atoms with Gasteiger partial charge in [0.1, 0.15) is 5.75 Å². The summed E-state index contributed by atoms with van der Waals surface area (Å²) >= 11 is 0. The molecule has 0 spiro atoms. The maximum absolute atomic E-state index is 12.8. The Morgan fingerprint density at radius 1 is 0.906 bits per heavy atom. The minimum atomic E-state index is -3.37. The van der Waals surface area contributed by atoms with Crippen LogP contribution in [0.3, 0.4) is 0 Å². The molecule has 0 aliphatic rings. The van der Waals surface area contributed by atoms with Gasteiger partial charge >= 0.3 is 0 Å². The summed E-state index contributed by atoms with van der Waals surface area (Å²) in [5.41, 5.74) is 1.78. The summed E-state index contributed by atoms with van der Waals surface area (Å²) in [5, 5.41) is 2.76. The standard InChI is InChI=1S/C24H24N2O5S/c1-17(31-20-15-13-19(14-16-20)26(2)32(3,29)30)24(28)25-22-12-8-7-11-21(22)23(27)18-9-5-4-6-10-18/h4-17H,1-3H3,(H,25,28)/t17-/m0/s1. The van der Waals surface area contributed by atoms with Gasteiger partial charge < -0.3 is 10.1 Å². The monoisotopic (exact) mass is 452 g/mol. The molecule has 1 N–H and O–H groups in total. The normalized spacial score (nSPS) is 12.0. The minimum Gasteiger partial charge on any atom is -0.481 e. The van der Waals surface area contributed by atoms with E-state index in [-0.39, 0.29) is 5.78 Å². The van der Waals surface area contributed by atoms with Crippen molar-refractivity contribution in [1.29, 1.82) is 0 Å². The summed E-state index contributed by atoms with van der Waals surface area (Å²) in [6.07, 6.45) is 0.262. The Hall–Kier alpha value is -3.65. The van der Waals surface area contributed by atoms with Crippen molar-refractivity contribution in [3.05, 3.63) is 90.0 Å². The van der Waals surface area contributed by atoms with Crippen LogP contribution in [0, 0.1) is 0 Å². The highest BCUT2D eigenvalue weighted by atomic mass is 32.2. The first kappa shape index (κ1) is 23.0. The van der Waals surface area contributed by atoms with Crippen molar-refractivity contribution in [2.45, 2.75) is 13.0 Å². The van der Waals surface area contributed by atoms with Gasteiger partial charge in [0.05, 0.1) is 17.6 Å². The fourth-order valence-electron chi connectivity index (χ4n) is 2.95. The molecule has 32 heavy (non-hydrogen) atoms. The third kappa shape index (κ3) is 5.53. The van der Waals surface area contributed by atoms with E-state index in [1.54, 1.807) is 79.7 Å². The Bertz CT molecular complexity index is 1210. The number of rotatable bonds is 8. The molecule has 0 aliphatic heterocycles. The molecule has 0 heterocycles. The van der Waals surface area contributed by atoms with E-state index in [1.165, 1.54) is 7.05 Å². The van der Waals surface area contributed by atoms with Crippen molar-refractivity contribution >= 4 is 33.1 Å². The summed E-state index contributed by atoms with van der Waals surface area (Å²) in [5.74, 6) is -0.205. The van der Waals surface area contributed by atoms with Crippen molar-refractivity contribution in [3.8, 4) is 5.75 Å².